The Kier molecular flexibility index (Phi) is 2.03. The third-order valence-electron chi connectivity index (χ3n) is 4.39. The predicted octanol–water partition coefficient (Wildman–Crippen LogP) is 7.01. The van der Waals surface area contributed by atoms with Gasteiger partial charge >= 0.3 is 0 Å². The molecule has 0 saturated heterocycles. The minimum atomic E-state index is -0.0586. The average molecular weight is 361 g/mol. The van der Waals surface area contributed by atoms with Gasteiger partial charge in [-0.3, -0.25) is 0 Å². The van der Waals surface area contributed by atoms with Crippen LogP contribution in [0.5, 0.6) is 0 Å². The Balaban J connectivity index is 1.99. The highest BCUT2D eigenvalue weighted by atomic mass is 79.9. The van der Waals surface area contributed by atoms with Crippen LogP contribution >= 0.6 is 15.9 Å². The van der Waals surface area contributed by atoms with Gasteiger partial charge in [-0.2, -0.15) is 0 Å². The number of hydrogen-bond acceptors (Lipinski definition) is 0. The molecule has 5 aromatic carbocycles. The van der Waals surface area contributed by atoms with Crippen LogP contribution in [-0.2, 0) is 0 Å². The minimum Gasteiger partial charge on any atom is -0.0610 e. The second kappa shape index (κ2) is 4.81. The van der Waals surface area contributed by atoms with Crippen LogP contribution in [0.2, 0.25) is 0 Å². The van der Waals surface area contributed by atoms with Crippen LogP contribution < -0.4 is 0 Å². The van der Waals surface area contributed by atoms with Gasteiger partial charge in [0.15, 0.2) is 0 Å². The van der Waals surface area contributed by atoms with Crippen molar-refractivity contribution in [1.82, 2.24) is 0 Å². The topological polar surface area (TPSA) is 0 Å². The number of rotatable bonds is 1. The molecule has 0 nitrogen and oxygen atoms in total. The number of benzene rings is 5. The van der Waals surface area contributed by atoms with E-state index >= 15 is 0 Å². The fraction of sp³-hybridized carbons (Fsp3) is 0. The first-order valence-electron chi connectivity index (χ1n) is 9.42. The van der Waals surface area contributed by atoms with Gasteiger partial charge in [-0.1, -0.05) is 82.6 Å². The van der Waals surface area contributed by atoms with Gasteiger partial charge < -0.3 is 0 Å². The van der Waals surface area contributed by atoms with Crippen molar-refractivity contribution in [3.05, 3.63) is 83.2 Å². The normalized spacial score (nSPS) is 14.1. The molecule has 5 aromatic rings. The molecule has 5 rings (SSSR count). The van der Waals surface area contributed by atoms with Crippen LogP contribution in [0.25, 0.3) is 43.4 Å². The van der Waals surface area contributed by atoms with Crippen molar-refractivity contribution in [2.24, 2.45) is 0 Å². The maximum absolute atomic E-state index is 8.42. The molecule has 0 spiro atoms. The highest BCUT2D eigenvalue weighted by molar-refractivity contribution is 9.10. The molecule has 0 bridgehead atoms. The second-order valence-corrected chi connectivity index (χ2v) is 6.45. The monoisotopic (exact) mass is 360 g/mol. The van der Waals surface area contributed by atoms with Crippen LogP contribution in [0.4, 0.5) is 0 Å². The summed E-state index contributed by atoms with van der Waals surface area (Å²) >= 11 is 3.18. The van der Waals surface area contributed by atoms with Gasteiger partial charge in [0.2, 0.25) is 0 Å². The third kappa shape index (κ3) is 1.90. The van der Waals surface area contributed by atoms with Crippen LogP contribution in [0.15, 0.2) is 83.2 Å². The smallest absolute Gasteiger partial charge is 0.0610 e. The summed E-state index contributed by atoms with van der Waals surface area (Å²) in [5.41, 5.74) is 1.07. The summed E-state index contributed by atoms with van der Waals surface area (Å²) in [5, 5.41) is 6.62. The lowest BCUT2D eigenvalue weighted by Crippen LogP contribution is -1.86. The van der Waals surface area contributed by atoms with E-state index in [2.05, 4.69) is 46.3 Å². The fourth-order valence-corrected chi connectivity index (χ4v) is 3.58. The van der Waals surface area contributed by atoms with Gasteiger partial charge in [0.25, 0.3) is 0 Å². The highest BCUT2D eigenvalue weighted by Crippen LogP contribution is 2.39. The van der Waals surface area contributed by atoms with Gasteiger partial charge in [0, 0.05) is 4.47 Å². The minimum absolute atomic E-state index is 0.0297. The molecular formula is C22H13Br. The van der Waals surface area contributed by atoms with Crippen molar-refractivity contribution < 1.29 is 5.48 Å². The Hall–Kier alpha value is -2.38. The van der Waals surface area contributed by atoms with Crippen molar-refractivity contribution in [2.75, 3.05) is 0 Å². The van der Waals surface area contributed by atoms with Crippen molar-refractivity contribution in [1.29, 1.82) is 0 Å². The van der Waals surface area contributed by atoms with E-state index in [1.165, 1.54) is 5.39 Å². The van der Waals surface area contributed by atoms with Gasteiger partial charge in [0.05, 0.1) is 5.48 Å². The molecule has 0 aromatic heterocycles. The van der Waals surface area contributed by atoms with E-state index in [9.17, 15) is 0 Å². The molecule has 0 aliphatic carbocycles. The molecule has 1 heteroatoms. The predicted molar refractivity (Wildman–Crippen MR) is 103 cm³/mol. The first-order chi connectivity index (χ1) is 13.0. The van der Waals surface area contributed by atoms with Crippen LogP contribution in [0, 0.1) is 0 Å². The van der Waals surface area contributed by atoms with Crippen LogP contribution in [0.3, 0.4) is 0 Å². The Labute approximate surface area is 148 Å². The molecule has 0 radical (unpaired) electrons. The van der Waals surface area contributed by atoms with E-state index in [0.29, 0.717) is 5.56 Å². The lowest BCUT2D eigenvalue weighted by atomic mass is 9.90. The fourth-order valence-electron chi connectivity index (χ4n) is 3.39. The van der Waals surface area contributed by atoms with Crippen LogP contribution in [0.1, 0.15) is 5.48 Å². The summed E-state index contributed by atoms with van der Waals surface area (Å²) in [5.74, 6) is 0. The zero-order valence-electron chi connectivity index (χ0n) is 16.1. The Morgan fingerprint density at radius 1 is 0.652 bits per heavy atom. The van der Waals surface area contributed by atoms with Crippen molar-refractivity contribution >= 4 is 48.2 Å². The van der Waals surface area contributed by atoms with E-state index in [1.807, 2.05) is 24.3 Å². The summed E-state index contributed by atoms with van der Waals surface area (Å²) in [6, 6.07) is 18.2. The van der Waals surface area contributed by atoms with Crippen molar-refractivity contribution in [3.63, 3.8) is 0 Å². The zero-order chi connectivity index (χ0) is 18.9. The first-order valence-corrected chi connectivity index (χ1v) is 8.21. The Morgan fingerprint density at radius 3 is 2.00 bits per heavy atom. The van der Waals surface area contributed by atoms with Gasteiger partial charge in [-0.15, -0.1) is 0 Å². The lowest BCUT2D eigenvalue weighted by Gasteiger charge is -2.14. The molecule has 0 unspecified atom stereocenters. The number of halogens is 1. The molecule has 0 N–H and O–H groups in total. The van der Waals surface area contributed by atoms with Gasteiger partial charge in [-0.05, 0) is 55.5 Å². The van der Waals surface area contributed by atoms with Gasteiger partial charge in [-0.25, -0.2) is 0 Å². The molecule has 0 atom stereocenters. The highest BCUT2D eigenvalue weighted by Gasteiger charge is 2.11. The molecule has 0 amide bonds. The van der Waals surface area contributed by atoms with Crippen molar-refractivity contribution in [2.45, 2.75) is 0 Å². The summed E-state index contributed by atoms with van der Waals surface area (Å²) in [6.07, 6.45) is 0. The molecule has 108 valence electrons. The summed E-state index contributed by atoms with van der Waals surface area (Å²) in [7, 11) is 0. The Morgan fingerprint density at radius 2 is 1.26 bits per heavy atom. The summed E-state index contributed by atoms with van der Waals surface area (Å²) < 4.78 is 33.3. The zero-order valence-corrected chi connectivity index (χ0v) is 13.7. The first kappa shape index (κ1) is 9.69. The van der Waals surface area contributed by atoms with Crippen molar-refractivity contribution in [3.8, 4) is 11.1 Å². The molecule has 0 fully saturated rings. The summed E-state index contributed by atoms with van der Waals surface area (Å²) in [6.45, 7) is 0. The third-order valence-corrected chi connectivity index (χ3v) is 4.79. The van der Waals surface area contributed by atoms with E-state index in [0.717, 1.165) is 32.5 Å². The average Bonchev–Trinajstić information content (AvgIpc) is 2.70. The molecular weight excluding hydrogens is 344 g/mol. The standard InChI is InChI=1S/C22H13Br/c23-18-10-6-14(7-11-18)19-12-8-17-5-4-15-2-1-3-16-9-13-20(19)22(17)21(15)16/h1-13H/i6D,7D,10D,11D. The molecule has 0 heterocycles. The molecule has 0 aliphatic heterocycles. The SMILES string of the molecule is [2H]c1c([2H])c(-c2ccc3ccc4cccc5ccc2c3c45)c([2H])c([2H])c1Br. The maximum Gasteiger partial charge on any atom is 0.0635 e. The van der Waals surface area contributed by atoms with E-state index in [1.54, 1.807) is 0 Å². The van der Waals surface area contributed by atoms with Gasteiger partial charge in [0.1, 0.15) is 0 Å². The van der Waals surface area contributed by atoms with E-state index < -0.39 is 0 Å². The number of hydrogen-bond donors (Lipinski definition) is 0. The lowest BCUT2D eigenvalue weighted by molar-refractivity contribution is 1.63. The molecule has 0 aliphatic rings. The summed E-state index contributed by atoms with van der Waals surface area (Å²) in [4.78, 5) is 0. The largest absolute Gasteiger partial charge is 0.0635 e. The second-order valence-electron chi connectivity index (χ2n) is 5.66. The van der Waals surface area contributed by atoms with E-state index in [-0.39, 0.29) is 28.6 Å². The Bertz CT molecular complexity index is 1330. The maximum atomic E-state index is 8.42. The molecule has 0 saturated carbocycles. The quantitative estimate of drug-likeness (QED) is 0.282. The molecule has 23 heavy (non-hydrogen) atoms. The van der Waals surface area contributed by atoms with E-state index in [4.69, 9.17) is 5.48 Å². The van der Waals surface area contributed by atoms with Crippen LogP contribution in [-0.4, -0.2) is 0 Å².